The second-order valence-corrected chi connectivity index (χ2v) is 8.45. The molecule has 1 aliphatic rings. The minimum atomic E-state index is -0.613. The van der Waals surface area contributed by atoms with Gasteiger partial charge >= 0.3 is 0 Å². The van der Waals surface area contributed by atoms with E-state index in [1.54, 1.807) is 42.5 Å². The number of carbonyl (C=O) groups excluding carboxylic acids is 3. The molecule has 3 aromatic carbocycles. The smallest absolute Gasteiger partial charge is 0.247 e. The van der Waals surface area contributed by atoms with Gasteiger partial charge in [-0.05, 0) is 30.3 Å². The number of para-hydroxylation sites is 1. The number of hydrogen-bond donors (Lipinski definition) is 1. The Morgan fingerprint density at radius 3 is 2.43 bits per heavy atom. The quantitative estimate of drug-likeness (QED) is 0.360. The van der Waals surface area contributed by atoms with Crippen LogP contribution in [0.1, 0.15) is 22.3 Å². The van der Waals surface area contributed by atoms with Crippen LogP contribution in [0.4, 0.5) is 11.4 Å². The lowest BCUT2D eigenvalue weighted by Gasteiger charge is -2.19. The molecular formula is C23H17ClN2O3S. The van der Waals surface area contributed by atoms with Crippen molar-refractivity contribution in [3.8, 4) is 0 Å². The highest BCUT2D eigenvalue weighted by Gasteiger charge is 2.41. The van der Waals surface area contributed by atoms with E-state index in [-0.39, 0.29) is 35.3 Å². The van der Waals surface area contributed by atoms with Crippen LogP contribution in [0.15, 0.2) is 77.7 Å². The molecule has 3 aromatic rings. The molecule has 0 unspecified atom stereocenters. The Balaban J connectivity index is 1.69. The number of amides is 2. The van der Waals surface area contributed by atoms with Crippen molar-refractivity contribution in [1.29, 1.82) is 0 Å². The third-order valence-electron chi connectivity index (χ3n) is 4.77. The molecule has 1 atom stereocenters. The van der Waals surface area contributed by atoms with Crippen molar-refractivity contribution in [3.63, 3.8) is 0 Å². The largest absolute Gasteiger partial charge is 0.398 e. The normalized spacial score (nSPS) is 16.2. The molecule has 2 amide bonds. The predicted octanol–water partition coefficient (Wildman–Crippen LogP) is 4.58. The lowest BCUT2D eigenvalue weighted by atomic mass is 10.0. The van der Waals surface area contributed by atoms with Crippen molar-refractivity contribution < 1.29 is 14.4 Å². The zero-order chi connectivity index (χ0) is 21.3. The average Bonchev–Trinajstić information content (AvgIpc) is 3.03. The SMILES string of the molecule is Nc1ccccc1S[C@@H]1CC(=O)N(c2ccc(Cl)cc2C(=O)c2ccccc2)C1=O. The van der Waals surface area contributed by atoms with E-state index in [0.29, 0.717) is 16.3 Å². The van der Waals surface area contributed by atoms with Gasteiger partial charge in [0, 0.05) is 33.2 Å². The fourth-order valence-corrected chi connectivity index (χ4v) is 4.59. The summed E-state index contributed by atoms with van der Waals surface area (Å²) in [5.41, 5.74) is 7.43. The van der Waals surface area contributed by atoms with Crippen LogP contribution in [0.25, 0.3) is 0 Å². The van der Waals surface area contributed by atoms with Crippen LogP contribution in [0, 0.1) is 0 Å². The first-order chi connectivity index (χ1) is 14.5. The lowest BCUT2D eigenvalue weighted by molar-refractivity contribution is -0.121. The highest BCUT2D eigenvalue weighted by Crippen LogP contribution is 2.38. The van der Waals surface area contributed by atoms with Crippen LogP contribution in [0.2, 0.25) is 5.02 Å². The molecule has 0 bridgehead atoms. The maximum absolute atomic E-state index is 13.1. The van der Waals surface area contributed by atoms with Crippen LogP contribution in [-0.2, 0) is 9.59 Å². The van der Waals surface area contributed by atoms with E-state index in [2.05, 4.69) is 0 Å². The molecule has 0 spiro atoms. The molecule has 0 saturated carbocycles. The Labute approximate surface area is 182 Å². The van der Waals surface area contributed by atoms with Gasteiger partial charge in [0.15, 0.2) is 5.78 Å². The number of imide groups is 1. The van der Waals surface area contributed by atoms with Crippen molar-refractivity contribution in [3.05, 3.63) is 88.9 Å². The van der Waals surface area contributed by atoms with Crippen molar-refractivity contribution >= 4 is 52.3 Å². The molecule has 1 aliphatic heterocycles. The fourth-order valence-electron chi connectivity index (χ4n) is 3.32. The summed E-state index contributed by atoms with van der Waals surface area (Å²) in [7, 11) is 0. The maximum atomic E-state index is 13.1. The number of nitrogens with zero attached hydrogens (tertiary/aromatic N) is 1. The zero-order valence-corrected chi connectivity index (χ0v) is 17.3. The van der Waals surface area contributed by atoms with E-state index in [9.17, 15) is 14.4 Å². The minimum Gasteiger partial charge on any atom is -0.398 e. The average molecular weight is 437 g/mol. The predicted molar refractivity (Wildman–Crippen MR) is 119 cm³/mol. The second-order valence-electron chi connectivity index (χ2n) is 6.77. The molecule has 1 heterocycles. The Morgan fingerprint density at radius 2 is 1.70 bits per heavy atom. The molecule has 0 aliphatic carbocycles. The lowest BCUT2D eigenvalue weighted by Crippen LogP contribution is -2.32. The van der Waals surface area contributed by atoms with Crippen LogP contribution >= 0.6 is 23.4 Å². The highest BCUT2D eigenvalue weighted by atomic mass is 35.5. The summed E-state index contributed by atoms with van der Waals surface area (Å²) in [6, 6.07) is 20.5. The Morgan fingerprint density at radius 1 is 1.00 bits per heavy atom. The molecular weight excluding hydrogens is 420 g/mol. The summed E-state index contributed by atoms with van der Waals surface area (Å²) < 4.78 is 0. The van der Waals surface area contributed by atoms with Crippen LogP contribution in [0.3, 0.4) is 0 Å². The molecule has 5 nitrogen and oxygen atoms in total. The van der Waals surface area contributed by atoms with Gasteiger partial charge < -0.3 is 5.73 Å². The summed E-state index contributed by atoms with van der Waals surface area (Å²) in [4.78, 5) is 40.8. The number of rotatable bonds is 5. The van der Waals surface area contributed by atoms with Crippen LogP contribution in [-0.4, -0.2) is 22.8 Å². The van der Waals surface area contributed by atoms with E-state index >= 15 is 0 Å². The Bertz CT molecular complexity index is 1150. The fraction of sp³-hybridized carbons (Fsp3) is 0.0870. The van der Waals surface area contributed by atoms with Crippen LogP contribution in [0.5, 0.6) is 0 Å². The van der Waals surface area contributed by atoms with Crippen molar-refractivity contribution in [1.82, 2.24) is 0 Å². The molecule has 1 saturated heterocycles. The maximum Gasteiger partial charge on any atom is 0.247 e. The van der Waals surface area contributed by atoms with Gasteiger partial charge in [-0.15, -0.1) is 11.8 Å². The van der Waals surface area contributed by atoms with E-state index in [1.165, 1.54) is 23.9 Å². The third-order valence-corrected chi connectivity index (χ3v) is 6.29. The van der Waals surface area contributed by atoms with Gasteiger partial charge in [0.1, 0.15) is 0 Å². The molecule has 2 N–H and O–H groups in total. The van der Waals surface area contributed by atoms with E-state index in [4.69, 9.17) is 17.3 Å². The number of carbonyl (C=O) groups is 3. The summed E-state index contributed by atoms with van der Waals surface area (Å²) in [5, 5.41) is -0.266. The van der Waals surface area contributed by atoms with E-state index < -0.39 is 5.25 Å². The number of halogens is 1. The number of hydrogen-bond acceptors (Lipinski definition) is 5. The Kier molecular flexibility index (Phi) is 5.61. The molecule has 0 radical (unpaired) electrons. The standard InChI is InChI=1S/C23H17ClN2O3S/c24-15-10-11-18(16(12-15)22(28)14-6-2-1-3-7-14)26-21(27)13-20(23(26)29)30-19-9-5-4-8-17(19)25/h1-12,20H,13,25H2/t20-/m1/s1. The number of ketones is 1. The number of benzene rings is 3. The Hall–Kier alpha value is -3.09. The van der Waals surface area contributed by atoms with Gasteiger partial charge in [-0.25, -0.2) is 4.90 Å². The highest BCUT2D eigenvalue weighted by molar-refractivity contribution is 8.00. The van der Waals surface area contributed by atoms with E-state index in [0.717, 1.165) is 9.80 Å². The molecule has 4 rings (SSSR count). The number of nitrogen functional groups attached to an aromatic ring is 1. The summed E-state index contributed by atoms with van der Waals surface area (Å²) in [6.45, 7) is 0. The molecule has 0 aromatic heterocycles. The summed E-state index contributed by atoms with van der Waals surface area (Å²) in [5.74, 6) is -1.05. The summed E-state index contributed by atoms with van der Waals surface area (Å²) >= 11 is 7.38. The first-order valence-electron chi connectivity index (χ1n) is 9.23. The van der Waals surface area contributed by atoms with Gasteiger partial charge in [-0.3, -0.25) is 14.4 Å². The summed E-state index contributed by atoms with van der Waals surface area (Å²) in [6.07, 6.45) is 0.0272. The van der Waals surface area contributed by atoms with Gasteiger partial charge in [0.05, 0.1) is 10.9 Å². The van der Waals surface area contributed by atoms with Gasteiger partial charge in [-0.2, -0.15) is 0 Å². The minimum absolute atomic E-state index is 0.0272. The first-order valence-corrected chi connectivity index (χ1v) is 10.5. The van der Waals surface area contributed by atoms with Crippen LogP contribution < -0.4 is 10.6 Å². The topological polar surface area (TPSA) is 80.5 Å². The van der Waals surface area contributed by atoms with Crippen molar-refractivity contribution in [2.24, 2.45) is 0 Å². The van der Waals surface area contributed by atoms with Gasteiger partial charge in [0.25, 0.3) is 0 Å². The zero-order valence-electron chi connectivity index (χ0n) is 15.7. The monoisotopic (exact) mass is 436 g/mol. The van der Waals surface area contributed by atoms with Crippen molar-refractivity contribution in [2.45, 2.75) is 16.6 Å². The molecule has 7 heteroatoms. The van der Waals surface area contributed by atoms with E-state index in [1.807, 2.05) is 18.2 Å². The number of nitrogens with two attached hydrogens (primary N) is 1. The molecule has 1 fully saturated rings. The van der Waals surface area contributed by atoms with Crippen molar-refractivity contribution in [2.75, 3.05) is 10.6 Å². The van der Waals surface area contributed by atoms with Gasteiger partial charge in [-0.1, -0.05) is 54.1 Å². The number of anilines is 2. The molecule has 30 heavy (non-hydrogen) atoms. The third kappa shape index (κ3) is 3.84. The number of thioether (sulfide) groups is 1. The first kappa shape index (κ1) is 20.2. The molecule has 150 valence electrons. The second kappa shape index (κ2) is 8.34. The van der Waals surface area contributed by atoms with Gasteiger partial charge in [0.2, 0.25) is 11.8 Å².